The van der Waals surface area contributed by atoms with Crippen LogP contribution in [-0.4, -0.2) is 23.4 Å². The molecule has 0 bridgehead atoms. The molecule has 1 amide bonds. The maximum atomic E-state index is 10.4. The molecule has 0 aromatic heterocycles. The maximum absolute atomic E-state index is 10.4. The topological polar surface area (TPSA) is 55.6 Å². The fourth-order valence-corrected chi connectivity index (χ4v) is 1.45. The second-order valence-corrected chi connectivity index (χ2v) is 3.67. The smallest absolute Gasteiger partial charge is 0.218 e. The molecule has 0 radical (unpaired) electrons. The first-order valence-corrected chi connectivity index (χ1v) is 4.23. The van der Waals surface area contributed by atoms with Crippen LogP contribution in [0.1, 0.15) is 19.8 Å². The predicted molar refractivity (Wildman–Crippen MR) is 45.5 cm³/mol. The molecule has 1 aliphatic heterocycles. The molecule has 3 unspecified atom stereocenters. The number of hydrogen-bond acceptors (Lipinski definition) is 3. The van der Waals surface area contributed by atoms with Crippen molar-refractivity contribution >= 4 is 18.5 Å². The highest BCUT2D eigenvalue weighted by Gasteiger charge is 2.35. The van der Waals surface area contributed by atoms with Gasteiger partial charge in [0.1, 0.15) is 0 Å². The van der Waals surface area contributed by atoms with Gasteiger partial charge >= 0.3 is 0 Å². The summed E-state index contributed by atoms with van der Waals surface area (Å²) in [4.78, 5) is 10.4. The SMILES string of the molecule is CC1OC1CC(S)CC(N)=O. The zero-order chi connectivity index (χ0) is 8.43. The van der Waals surface area contributed by atoms with Gasteiger partial charge in [0.2, 0.25) is 5.91 Å². The lowest BCUT2D eigenvalue weighted by atomic mass is 10.1. The van der Waals surface area contributed by atoms with Gasteiger partial charge in [-0.2, -0.15) is 12.6 Å². The number of nitrogens with two attached hydrogens (primary N) is 1. The van der Waals surface area contributed by atoms with Crippen molar-refractivity contribution < 1.29 is 9.53 Å². The number of carbonyl (C=O) groups excluding carboxylic acids is 1. The molecule has 0 aromatic carbocycles. The van der Waals surface area contributed by atoms with Crippen LogP contribution < -0.4 is 5.73 Å². The minimum absolute atomic E-state index is 0.0578. The van der Waals surface area contributed by atoms with Crippen molar-refractivity contribution in [1.82, 2.24) is 0 Å². The van der Waals surface area contributed by atoms with Gasteiger partial charge in [-0.05, 0) is 13.3 Å². The lowest BCUT2D eigenvalue weighted by Crippen LogP contribution is -2.17. The molecule has 1 fully saturated rings. The molecule has 1 aliphatic rings. The molecule has 2 N–H and O–H groups in total. The highest BCUT2D eigenvalue weighted by Crippen LogP contribution is 2.27. The van der Waals surface area contributed by atoms with E-state index in [0.717, 1.165) is 6.42 Å². The van der Waals surface area contributed by atoms with E-state index in [0.29, 0.717) is 18.6 Å². The van der Waals surface area contributed by atoms with Crippen molar-refractivity contribution in [3.8, 4) is 0 Å². The Hall–Kier alpha value is -0.220. The molecule has 3 atom stereocenters. The second kappa shape index (κ2) is 3.45. The van der Waals surface area contributed by atoms with Crippen LogP contribution in [0, 0.1) is 0 Å². The van der Waals surface area contributed by atoms with E-state index in [9.17, 15) is 4.79 Å². The minimum Gasteiger partial charge on any atom is -0.370 e. The van der Waals surface area contributed by atoms with Crippen LogP contribution in [0.25, 0.3) is 0 Å². The minimum atomic E-state index is -0.293. The fraction of sp³-hybridized carbons (Fsp3) is 0.857. The molecule has 0 spiro atoms. The van der Waals surface area contributed by atoms with E-state index in [1.54, 1.807) is 0 Å². The normalized spacial score (nSPS) is 31.5. The summed E-state index contributed by atoms with van der Waals surface area (Å²) in [5.74, 6) is -0.293. The first kappa shape index (κ1) is 8.87. The standard InChI is InChI=1S/C7H13NO2S/c1-4-6(10-4)2-5(11)3-7(8)9/h4-6,11H,2-3H2,1H3,(H2,8,9). The Morgan fingerprint density at radius 3 is 2.73 bits per heavy atom. The summed E-state index contributed by atoms with van der Waals surface area (Å²) in [5.41, 5.74) is 5.00. The lowest BCUT2D eigenvalue weighted by Gasteiger charge is -2.04. The molecule has 0 aliphatic carbocycles. The molecule has 1 heterocycles. The third-order valence-corrected chi connectivity index (χ3v) is 2.17. The van der Waals surface area contributed by atoms with Gasteiger partial charge in [0.15, 0.2) is 0 Å². The van der Waals surface area contributed by atoms with Gasteiger partial charge in [-0.15, -0.1) is 0 Å². The molecule has 64 valence electrons. The largest absolute Gasteiger partial charge is 0.370 e. The molecular weight excluding hydrogens is 162 g/mol. The Bertz CT molecular complexity index is 163. The maximum Gasteiger partial charge on any atom is 0.218 e. The van der Waals surface area contributed by atoms with Crippen molar-refractivity contribution in [3.63, 3.8) is 0 Å². The summed E-state index contributed by atoms with van der Waals surface area (Å²) in [6.07, 6.45) is 1.82. The summed E-state index contributed by atoms with van der Waals surface area (Å²) in [7, 11) is 0. The average Bonchev–Trinajstić information content (AvgIpc) is 2.43. The number of hydrogen-bond donors (Lipinski definition) is 2. The Morgan fingerprint density at radius 2 is 2.36 bits per heavy atom. The quantitative estimate of drug-likeness (QED) is 0.478. The fourth-order valence-electron chi connectivity index (χ4n) is 1.06. The zero-order valence-electron chi connectivity index (χ0n) is 6.49. The molecular formula is C7H13NO2S. The van der Waals surface area contributed by atoms with Crippen LogP contribution >= 0.6 is 12.6 Å². The van der Waals surface area contributed by atoms with Crippen molar-refractivity contribution in [1.29, 1.82) is 0 Å². The number of primary amides is 1. The Balaban J connectivity index is 2.11. The summed E-state index contributed by atoms with van der Waals surface area (Å²) >= 11 is 4.21. The van der Waals surface area contributed by atoms with Crippen molar-refractivity contribution in [2.75, 3.05) is 0 Å². The van der Waals surface area contributed by atoms with E-state index in [1.807, 2.05) is 6.92 Å². The van der Waals surface area contributed by atoms with Gasteiger partial charge in [0.25, 0.3) is 0 Å². The number of amides is 1. The van der Waals surface area contributed by atoms with Gasteiger partial charge in [-0.3, -0.25) is 4.79 Å². The lowest BCUT2D eigenvalue weighted by molar-refractivity contribution is -0.118. The summed E-state index contributed by atoms with van der Waals surface area (Å²) < 4.78 is 5.17. The number of epoxide rings is 1. The highest BCUT2D eigenvalue weighted by molar-refractivity contribution is 7.81. The van der Waals surface area contributed by atoms with Gasteiger partial charge in [-0.1, -0.05) is 0 Å². The van der Waals surface area contributed by atoms with E-state index in [2.05, 4.69) is 12.6 Å². The van der Waals surface area contributed by atoms with Crippen molar-refractivity contribution in [2.24, 2.45) is 5.73 Å². The summed E-state index contributed by atoms with van der Waals surface area (Å²) in [5, 5.41) is 0.0578. The van der Waals surface area contributed by atoms with Gasteiger partial charge in [0, 0.05) is 11.7 Å². The average molecular weight is 175 g/mol. The van der Waals surface area contributed by atoms with E-state index >= 15 is 0 Å². The number of ether oxygens (including phenoxy) is 1. The second-order valence-electron chi connectivity index (χ2n) is 2.94. The van der Waals surface area contributed by atoms with Gasteiger partial charge in [-0.25, -0.2) is 0 Å². The summed E-state index contributed by atoms with van der Waals surface area (Å²) in [6, 6.07) is 0. The van der Waals surface area contributed by atoms with Crippen LogP contribution in [0.2, 0.25) is 0 Å². The van der Waals surface area contributed by atoms with Crippen molar-refractivity contribution in [2.45, 2.75) is 37.2 Å². The third kappa shape index (κ3) is 3.12. The molecule has 1 rings (SSSR count). The van der Waals surface area contributed by atoms with Crippen LogP contribution in [0.4, 0.5) is 0 Å². The van der Waals surface area contributed by atoms with Gasteiger partial charge < -0.3 is 10.5 Å². The zero-order valence-corrected chi connectivity index (χ0v) is 7.38. The number of thiol groups is 1. The molecule has 0 aromatic rings. The van der Waals surface area contributed by atoms with Crippen LogP contribution in [0.5, 0.6) is 0 Å². The number of rotatable bonds is 4. The number of carbonyl (C=O) groups is 1. The Labute approximate surface area is 71.7 Å². The van der Waals surface area contributed by atoms with E-state index in [-0.39, 0.29) is 11.2 Å². The molecule has 1 saturated heterocycles. The van der Waals surface area contributed by atoms with E-state index in [1.165, 1.54) is 0 Å². The Morgan fingerprint density at radius 1 is 1.82 bits per heavy atom. The van der Waals surface area contributed by atoms with Gasteiger partial charge in [0.05, 0.1) is 12.2 Å². The molecule has 0 saturated carbocycles. The van der Waals surface area contributed by atoms with Crippen LogP contribution in [0.3, 0.4) is 0 Å². The predicted octanol–water partition coefficient (Wildman–Crippen LogP) is 0.338. The third-order valence-electron chi connectivity index (χ3n) is 1.78. The highest BCUT2D eigenvalue weighted by atomic mass is 32.1. The van der Waals surface area contributed by atoms with E-state index in [4.69, 9.17) is 10.5 Å². The molecule has 3 nitrogen and oxygen atoms in total. The molecule has 4 heteroatoms. The van der Waals surface area contributed by atoms with Crippen molar-refractivity contribution in [3.05, 3.63) is 0 Å². The van der Waals surface area contributed by atoms with E-state index < -0.39 is 0 Å². The van der Waals surface area contributed by atoms with Crippen LogP contribution in [0.15, 0.2) is 0 Å². The molecule has 11 heavy (non-hydrogen) atoms. The monoisotopic (exact) mass is 175 g/mol. The first-order valence-electron chi connectivity index (χ1n) is 3.71. The van der Waals surface area contributed by atoms with Crippen LogP contribution in [-0.2, 0) is 9.53 Å². The summed E-state index contributed by atoms with van der Waals surface area (Å²) in [6.45, 7) is 2.01. The Kier molecular flexibility index (Phi) is 2.78. The first-order chi connectivity index (χ1) is 5.09.